The second-order valence-electron chi connectivity index (χ2n) is 3.91. The number of H-pyrrole nitrogens is 1. The van der Waals surface area contributed by atoms with Gasteiger partial charge in [0.15, 0.2) is 10.6 Å². The van der Waals surface area contributed by atoms with Crippen molar-refractivity contribution in [2.75, 3.05) is 0 Å². The Labute approximate surface area is 112 Å². The summed E-state index contributed by atoms with van der Waals surface area (Å²) in [6.07, 6.45) is 0. The zero-order chi connectivity index (χ0) is 12.7. The second-order valence-corrected chi connectivity index (χ2v) is 4.73. The van der Waals surface area contributed by atoms with Crippen molar-refractivity contribution in [2.45, 2.75) is 13.5 Å². The van der Waals surface area contributed by atoms with Crippen molar-refractivity contribution in [1.29, 1.82) is 0 Å². The van der Waals surface area contributed by atoms with Crippen molar-refractivity contribution in [2.24, 2.45) is 0 Å². The molecular weight excluding hydrogens is 272 g/mol. The number of nitrogens with zero attached hydrogens (tertiary/aromatic N) is 3. The van der Waals surface area contributed by atoms with Gasteiger partial charge in [-0.15, -0.1) is 0 Å². The van der Waals surface area contributed by atoms with Crippen LogP contribution in [-0.4, -0.2) is 19.7 Å². The monoisotopic (exact) mass is 280 g/mol. The van der Waals surface area contributed by atoms with Gasteiger partial charge in [0, 0.05) is 11.9 Å². The summed E-state index contributed by atoms with van der Waals surface area (Å²) in [5.74, 6) is 1.14. The number of nitrogens with one attached hydrogen (secondary N) is 1. The molecule has 1 aromatic carbocycles. The number of hydrogen-bond donors (Lipinski definition) is 1. The molecule has 2 aromatic heterocycles. The Morgan fingerprint density at radius 3 is 3.06 bits per heavy atom. The topological polar surface area (TPSA) is 59.6 Å². The van der Waals surface area contributed by atoms with Crippen LogP contribution in [0.25, 0.3) is 11.0 Å². The Hall–Kier alpha value is -1.66. The highest BCUT2D eigenvalue weighted by Crippen LogP contribution is 2.19. The summed E-state index contributed by atoms with van der Waals surface area (Å²) < 4.78 is 7.46. The van der Waals surface area contributed by atoms with Crippen LogP contribution >= 0.6 is 23.8 Å². The minimum atomic E-state index is 0.470. The molecule has 0 unspecified atom stereocenters. The van der Waals surface area contributed by atoms with E-state index in [1.54, 1.807) is 6.92 Å². The molecule has 18 heavy (non-hydrogen) atoms. The quantitative estimate of drug-likeness (QED) is 0.733. The molecule has 0 bridgehead atoms. The van der Waals surface area contributed by atoms with Crippen LogP contribution in [-0.2, 0) is 6.54 Å². The van der Waals surface area contributed by atoms with Crippen LogP contribution in [0.4, 0.5) is 0 Å². The zero-order valence-corrected chi connectivity index (χ0v) is 11.0. The SMILES string of the molecule is Cc1nc(Cn2c(=S)[nH]c3cc(Cl)ccc32)no1. The third-order valence-corrected chi connectivity index (χ3v) is 3.16. The molecule has 7 heteroatoms. The van der Waals surface area contributed by atoms with E-state index in [1.807, 2.05) is 22.8 Å². The van der Waals surface area contributed by atoms with Crippen molar-refractivity contribution in [1.82, 2.24) is 19.7 Å². The highest BCUT2D eigenvalue weighted by Gasteiger charge is 2.09. The summed E-state index contributed by atoms with van der Waals surface area (Å²) in [6.45, 7) is 2.22. The normalized spacial score (nSPS) is 11.2. The van der Waals surface area contributed by atoms with Crippen LogP contribution in [0.3, 0.4) is 0 Å². The summed E-state index contributed by atoms with van der Waals surface area (Å²) in [5, 5.41) is 4.53. The van der Waals surface area contributed by atoms with Crippen LogP contribution in [0.2, 0.25) is 5.02 Å². The maximum Gasteiger partial charge on any atom is 0.223 e. The second kappa shape index (κ2) is 4.22. The molecule has 0 saturated heterocycles. The number of hydrogen-bond acceptors (Lipinski definition) is 4. The van der Waals surface area contributed by atoms with Crippen LogP contribution in [0.5, 0.6) is 0 Å². The molecule has 0 amide bonds. The number of rotatable bonds is 2. The summed E-state index contributed by atoms with van der Waals surface area (Å²) >= 11 is 11.2. The molecule has 1 N–H and O–H groups in total. The minimum absolute atomic E-state index is 0.470. The van der Waals surface area contributed by atoms with Gasteiger partial charge < -0.3 is 14.1 Å². The third-order valence-electron chi connectivity index (χ3n) is 2.61. The molecule has 0 aliphatic rings. The molecule has 0 saturated carbocycles. The third kappa shape index (κ3) is 1.93. The van der Waals surface area contributed by atoms with Gasteiger partial charge in [-0.3, -0.25) is 0 Å². The van der Waals surface area contributed by atoms with Gasteiger partial charge in [-0.1, -0.05) is 16.8 Å². The first kappa shape index (κ1) is 11.4. The number of aromatic nitrogens is 4. The van der Waals surface area contributed by atoms with Crippen LogP contribution in [0.15, 0.2) is 22.7 Å². The Kier molecular flexibility index (Phi) is 2.68. The molecule has 0 spiro atoms. The van der Waals surface area contributed by atoms with E-state index >= 15 is 0 Å². The summed E-state index contributed by atoms with van der Waals surface area (Å²) in [4.78, 5) is 7.27. The molecule has 0 atom stereocenters. The number of imidazole rings is 1. The Bertz CT molecular complexity index is 773. The first-order chi connectivity index (χ1) is 8.63. The van der Waals surface area contributed by atoms with E-state index in [0.717, 1.165) is 11.0 Å². The van der Waals surface area contributed by atoms with Gasteiger partial charge in [0.2, 0.25) is 5.89 Å². The first-order valence-electron chi connectivity index (χ1n) is 5.31. The summed E-state index contributed by atoms with van der Waals surface area (Å²) in [7, 11) is 0. The molecule has 3 rings (SSSR count). The predicted octanol–water partition coefficient (Wildman–Crippen LogP) is 3.09. The highest BCUT2D eigenvalue weighted by atomic mass is 35.5. The van der Waals surface area contributed by atoms with E-state index in [-0.39, 0.29) is 0 Å². The van der Waals surface area contributed by atoms with E-state index in [9.17, 15) is 0 Å². The molecule has 0 aliphatic carbocycles. The predicted molar refractivity (Wildman–Crippen MR) is 70.3 cm³/mol. The van der Waals surface area contributed by atoms with Crippen LogP contribution in [0.1, 0.15) is 11.7 Å². The van der Waals surface area contributed by atoms with Crippen molar-refractivity contribution >= 4 is 34.9 Å². The fourth-order valence-electron chi connectivity index (χ4n) is 1.84. The van der Waals surface area contributed by atoms with Gasteiger partial charge in [0.05, 0.1) is 17.6 Å². The van der Waals surface area contributed by atoms with Crippen molar-refractivity contribution in [3.05, 3.63) is 39.7 Å². The molecule has 2 heterocycles. The van der Waals surface area contributed by atoms with Gasteiger partial charge in [-0.25, -0.2) is 0 Å². The van der Waals surface area contributed by atoms with Crippen LogP contribution < -0.4 is 0 Å². The average Bonchev–Trinajstić information content (AvgIpc) is 2.84. The van der Waals surface area contributed by atoms with E-state index in [4.69, 9.17) is 28.3 Å². The Morgan fingerprint density at radius 2 is 2.33 bits per heavy atom. The van der Waals surface area contributed by atoms with Crippen molar-refractivity contribution < 1.29 is 4.52 Å². The number of fused-ring (bicyclic) bond motifs is 1. The number of benzene rings is 1. The number of aryl methyl sites for hydroxylation is 1. The maximum absolute atomic E-state index is 5.94. The fourth-order valence-corrected chi connectivity index (χ4v) is 2.28. The molecule has 0 fully saturated rings. The first-order valence-corrected chi connectivity index (χ1v) is 6.09. The molecule has 3 aromatic rings. The molecule has 92 valence electrons. The lowest BCUT2D eigenvalue weighted by molar-refractivity contribution is 0.386. The zero-order valence-electron chi connectivity index (χ0n) is 9.48. The van der Waals surface area contributed by atoms with E-state index in [0.29, 0.717) is 28.1 Å². The van der Waals surface area contributed by atoms with Gasteiger partial charge in [-0.2, -0.15) is 4.98 Å². The van der Waals surface area contributed by atoms with Crippen molar-refractivity contribution in [3.63, 3.8) is 0 Å². The van der Waals surface area contributed by atoms with E-state index < -0.39 is 0 Å². The minimum Gasteiger partial charge on any atom is -0.340 e. The van der Waals surface area contributed by atoms with Gasteiger partial charge in [-0.05, 0) is 30.4 Å². The molecule has 0 aliphatic heterocycles. The standard InChI is InChI=1S/C11H9ClN4OS/c1-6-13-10(15-17-6)5-16-9-3-2-7(12)4-8(9)14-11(16)18/h2-4H,5H2,1H3,(H,14,18). The van der Waals surface area contributed by atoms with E-state index in [1.165, 1.54) is 0 Å². The summed E-state index contributed by atoms with van der Waals surface area (Å²) in [6, 6.07) is 5.58. The van der Waals surface area contributed by atoms with Crippen molar-refractivity contribution in [3.8, 4) is 0 Å². The Balaban J connectivity index is 2.11. The fraction of sp³-hybridized carbons (Fsp3) is 0.182. The maximum atomic E-state index is 5.94. The van der Waals surface area contributed by atoms with Gasteiger partial charge in [0.1, 0.15) is 0 Å². The highest BCUT2D eigenvalue weighted by molar-refractivity contribution is 7.71. The van der Waals surface area contributed by atoms with E-state index in [2.05, 4.69) is 15.1 Å². The lowest BCUT2D eigenvalue weighted by atomic mass is 10.3. The van der Waals surface area contributed by atoms with Gasteiger partial charge >= 0.3 is 0 Å². The average molecular weight is 281 g/mol. The number of aromatic amines is 1. The number of halogens is 1. The van der Waals surface area contributed by atoms with Gasteiger partial charge in [0.25, 0.3) is 0 Å². The molecule has 0 radical (unpaired) electrons. The summed E-state index contributed by atoms with van der Waals surface area (Å²) in [5.41, 5.74) is 1.86. The lowest BCUT2D eigenvalue weighted by Gasteiger charge is -2.00. The molecular formula is C11H9ClN4OS. The lowest BCUT2D eigenvalue weighted by Crippen LogP contribution is -2.01. The molecule has 5 nitrogen and oxygen atoms in total. The van der Waals surface area contributed by atoms with Crippen LogP contribution in [0, 0.1) is 11.7 Å². The smallest absolute Gasteiger partial charge is 0.223 e. The Morgan fingerprint density at radius 1 is 1.50 bits per heavy atom. The largest absolute Gasteiger partial charge is 0.340 e.